The number of carbonyl (C=O) groups excluding carboxylic acids is 1. The van der Waals surface area contributed by atoms with Gasteiger partial charge >= 0.3 is 0 Å². The zero-order valence-electron chi connectivity index (χ0n) is 16.0. The van der Waals surface area contributed by atoms with Crippen molar-refractivity contribution in [2.24, 2.45) is 0 Å². The molecule has 4 rings (SSSR count). The van der Waals surface area contributed by atoms with Gasteiger partial charge in [0, 0.05) is 43.5 Å². The molecule has 1 aromatic carbocycles. The summed E-state index contributed by atoms with van der Waals surface area (Å²) in [6.45, 7) is 2.18. The first kappa shape index (κ1) is 19.0. The van der Waals surface area contributed by atoms with E-state index in [1.807, 2.05) is 29.8 Å². The lowest BCUT2D eigenvalue weighted by atomic mass is 10.2. The SMILES string of the molecule is Cc1nccn1-c1cc(CNC(=O)c2ccn(-c3cccc([N+](=O)[O-])c3)n2)ccn1. The number of amides is 1. The molecule has 0 spiro atoms. The largest absolute Gasteiger partial charge is 0.347 e. The van der Waals surface area contributed by atoms with Gasteiger partial charge in [0.1, 0.15) is 11.6 Å². The summed E-state index contributed by atoms with van der Waals surface area (Å²) < 4.78 is 3.28. The number of nitro benzene ring substituents is 1. The third-order valence-corrected chi connectivity index (χ3v) is 4.46. The Labute approximate surface area is 171 Å². The molecule has 0 radical (unpaired) electrons. The molecule has 0 atom stereocenters. The highest BCUT2D eigenvalue weighted by Crippen LogP contribution is 2.16. The van der Waals surface area contributed by atoms with Gasteiger partial charge in [0.2, 0.25) is 0 Å². The van der Waals surface area contributed by atoms with E-state index in [4.69, 9.17) is 0 Å². The number of nitro groups is 1. The van der Waals surface area contributed by atoms with E-state index in [0.717, 1.165) is 11.4 Å². The number of pyridine rings is 1. The second-order valence-corrected chi connectivity index (χ2v) is 6.47. The smallest absolute Gasteiger partial charge is 0.272 e. The van der Waals surface area contributed by atoms with Crippen LogP contribution in [0.4, 0.5) is 5.69 Å². The highest BCUT2D eigenvalue weighted by atomic mass is 16.6. The summed E-state index contributed by atoms with van der Waals surface area (Å²) in [4.78, 5) is 31.5. The molecule has 0 saturated carbocycles. The van der Waals surface area contributed by atoms with Crippen molar-refractivity contribution in [3.05, 3.63) is 94.4 Å². The van der Waals surface area contributed by atoms with Crippen molar-refractivity contribution in [3.8, 4) is 11.5 Å². The number of nitrogens with zero attached hydrogens (tertiary/aromatic N) is 6. The van der Waals surface area contributed by atoms with E-state index >= 15 is 0 Å². The fourth-order valence-electron chi connectivity index (χ4n) is 2.93. The average molecular weight is 403 g/mol. The quantitative estimate of drug-likeness (QED) is 0.390. The highest BCUT2D eigenvalue weighted by molar-refractivity contribution is 5.92. The molecule has 30 heavy (non-hydrogen) atoms. The normalized spacial score (nSPS) is 10.7. The lowest BCUT2D eigenvalue weighted by Gasteiger charge is -2.07. The van der Waals surface area contributed by atoms with Gasteiger partial charge in [-0.25, -0.2) is 14.6 Å². The van der Waals surface area contributed by atoms with Crippen LogP contribution in [0.5, 0.6) is 0 Å². The molecule has 0 aliphatic rings. The predicted molar refractivity (Wildman–Crippen MR) is 107 cm³/mol. The summed E-state index contributed by atoms with van der Waals surface area (Å²) in [6.07, 6.45) is 6.78. The maximum absolute atomic E-state index is 12.5. The molecule has 10 heteroatoms. The maximum atomic E-state index is 12.5. The van der Waals surface area contributed by atoms with E-state index in [1.54, 1.807) is 36.8 Å². The molecule has 0 fully saturated rings. The van der Waals surface area contributed by atoms with Crippen molar-refractivity contribution >= 4 is 11.6 Å². The van der Waals surface area contributed by atoms with Crippen LogP contribution in [-0.4, -0.2) is 35.1 Å². The summed E-state index contributed by atoms with van der Waals surface area (Å²) in [5.41, 5.74) is 1.54. The zero-order chi connectivity index (χ0) is 21.1. The van der Waals surface area contributed by atoms with Gasteiger partial charge < -0.3 is 5.32 Å². The van der Waals surface area contributed by atoms with E-state index in [0.29, 0.717) is 18.1 Å². The minimum atomic E-state index is -0.477. The molecule has 0 aliphatic heterocycles. The summed E-state index contributed by atoms with van der Waals surface area (Å²) >= 11 is 0. The van der Waals surface area contributed by atoms with Gasteiger partial charge in [-0.2, -0.15) is 5.10 Å². The maximum Gasteiger partial charge on any atom is 0.272 e. The number of aromatic nitrogens is 5. The number of aryl methyl sites for hydroxylation is 1. The summed E-state index contributed by atoms with van der Waals surface area (Å²) in [6, 6.07) is 11.3. The fourth-order valence-corrected chi connectivity index (χ4v) is 2.93. The van der Waals surface area contributed by atoms with Crippen LogP contribution in [-0.2, 0) is 6.54 Å². The highest BCUT2D eigenvalue weighted by Gasteiger charge is 2.12. The molecule has 0 bridgehead atoms. The van der Waals surface area contributed by atoms with Crippen molar-refractivity contribution < 1.29 is 9.72 Å². The van der Waals surface area contributed by atoms with Gasteiger partial charge in [-0.1, -0.05) is 6.07 Å². The Balaban J connectivity index is 1.45. The van der Waals surface area contributed by atoms with Crippen LogP contribution in [0.15, 0.2) is 67.3 Å². The molecule has 3 aromatic heterocycles. The molecule has 4 aromatic rings. The predicted octanol–water partition coefficient (Wildman–Crippen LogP) is 2.60. The molecule has 0 saturated heterocycles. The van der Waals surface area contributed by atoms with Crippen LogP contribution < -0.4 is 5.32 Å². The molecule has 3 heterocycles. The fraction of sp³-hybridized carbons (Fsp3) is 0.100. The molecular formula is C20H17N7O3. The average Bonchev–Trinajstić information content (AvgIpc) is 3.42. The van der Waals surface area contributed by atoms with Crippen molar-refractivity contribution in [1.82, 2.24) is 29.6 Å². The van der Waals surface area contributed by atoms with Gasteiger partial charge in [0.15, 0.2) is 5.69 Å². The van der Waals surface area contributed by atoms with Crippen LogP contribution in [0.1, 0.15) is 21.9 Å². The van der Waals surface area contributed by atoms with Crippen molar-refractivity contribution in [2.45, 2.75) is 13.5 Å². The Bertz CT molecular complexity index is 1230. The van der Waals surface area contributed by atoms with Crippen LogP contribution in [0, 0.1) is 17.0 Å². The molecule has 0 unspecified atom stereocenters. The first-order valence-corrected chi connectivity index (χ1v) is 9.05. The van der Waals surface area contributed by atoms with E-state index in [2.05, 4.69) is 20.4 Å². The molecule has 1 amide bonds. The summed E-state index contributed by atoms with van der Waals surface area (Å²) in [5, 5.41) is 18.0. The van der Waals surface area contributed by atoms with Crippen LogP contribution in [0.3, 0.4) is 0 Å². The topological polar surface area (TPSA) is 121 Å². The van der Waals surface area contributed by atoms with E-state index in [1.165, 1.54) is 16.8 Å². The Morgan fingerprint density at radius 2 is 2.00 bits per heavy atom. The third kappa shape index (κ3) is 3.92. The van der Waals surface area contributed by atoms with Crippen molar-refractivity contribution in [3.63, 3.8) is 0 Å². The standard InChI is InChI=1S/C20H17N7O3/c1-14-21-8-10-25(14)19-11-15(5-7-22-19)13-23-20(28)18-6-9-26(24-18)16-3-2-4-17(12-16)27(29)30/h2-12H,13H2,1H3,(H,23,28). The first-order valence-electron chi connectivity index (χ1n) is 9.05. The lowest BCUT2D eigenvalue weighted by Crippen LogP contribution is -2.23. The number of carbonyl (C=O) groups is 1. The molecule has 0 aliphatic carbocycles. The minimum Gasteiger partial charge on any atom is -0.347 e. The van der Waals surface area contributed by atoms with Crippen molar-refractivity contribution in [2.75, 3.05) is 0 Å². The monoisotopic (exact) mass is 403 g/mol. The van der Waals surface area contributed by atoms with Crippen LogP contribution >= 0.6 is 0 Å². The third-order valence-electron chi connectivity index (χ3n) is 4.46. The number of imidazole rings is 1. The lowest BCUT2D eigenvalue weighted by molar-refractivity contribution is -0.384. The number of hydrogen-bond donors (Lipinski definition) is 1. The minimum absolute atomic E-state index is 0.0457. The number of benzene rings is 1. The van der Waals surface area contributed by atoms with Gasteiger partial charge in [-0.3, -0.25) is 19.5 Å². The molecular weight excluding hydrogens is 386 g/mol. The van der Waals surface area contributed by atoms with Gasteiger partial charge in [-0.05, 0) is 36.8 Å². The van der Waals surface area contributed by atoms with Gasteiger partial charge in [0.05, 0.1) is 10.6 Å². The Morgan fingerprint density at radius 1 is 1.13 bits per heavy atom. The van der Waals surface area contributed by atoms with Gasteiger partial charge in [0.25, 0.3) is 11.6 Å². The van der Waals surface area contributed by atoms with E-state index in [9.17, 15) is 14.9 Å². The van der Waals surface area contributed by atoms with E-state index < -0.39 is 4.92 Å². The van der Waals surface area contributed by atoms with E-state index in [-0.39, 0.29) is 17.3 Å². The molecule has 1 N–H and O–H groups in total. The Hall–Kier alpha value is -4.34. The number of rotatable bonds is 6. The molecule has 10 nitrogen and oxygen atoms in total. The number of nitrogens with one attached hydrogen (secondary N) is 1. The van der Waals surface area contributed by atoms with Crippen LogP contribution in [0.25, 0.3) is 11.5 Å². The van der Waals surface area contributed by atoms with Crippen LogP contribution in [0.2, 0.25) is 0 Å². The van der Waals surface area contributed by atoms with Crippen molar-refractivity contribution in [1.29, 1.82) is 0 Å². The Kier molecular flexibility index (Phi) is 5.04. The summed E-state index contributed by atoms with van der Waals surface area (Å²) in [7, 11) is 0. The summed E-state index contributed by atoms with van der Waals surface area (Å²) in [5.74, 6) is 1.18. The first-order chi connectivity index (χ1) is 14.5. The number of non-ortho nitro benzene ring substituents is 1. The second-order valence-electron chi connectivity index (χ2n) is 6.47. The Morgan fingerprint density at radius 3 is 2.77 bits per heavy atom. The number of hydrogen-bond acceptors (Lipinski definition) is 6. The zero-order valence-corrected chi connectivity index (χ0v) is 16.0. The van der Waals surface area contributed by atoms with Gasteiger partial charge in [-0.15, -0.1) is 0 Å². The molecule has 150 valence electrons. The second kappa shape index (κ2) is 7.95.